The fourth-order valence-electron chi connectivity index (χ4n) is 1.95. The lowest BCUT2D eigenvalue weighted by Gasteiger charge is -2.19. The molecule has 21 heavy (non-hydrogen) atoms. The number of thiocarbonyl (C=S) groups is 1. The Kier molecular flexibility index (Phi) is 4.45. The molecule has 0 fully saturated rings. The van der Waals surface area contributed by atoms with Crippen LogP contribution in [0.2, 0.25) is 0 Å². The normalized spacial score (nSPS) is 12.6. The molecule has 0 bridgehead atoms. The standard InChI is InChI=1S/C15H13IN2O2S/c16-10-1-3-11(4-2-10)17-15(21)18-12-5-6-13-14(9-12)20-8-7-19-13/h1-6,9H,7-8H2,(H2,17,18,21). The number of hydrogen-bond acceptors (Lipinski definition) is 3. The number of fused-ring (bicyclic) bond motifs is 1. The molecule has 6 heteroatoms. The highest BCUT2D eigenvalue weighted by Gasteiger charge is 2.12. The molecule has 0 spiro atoms. The van der Waals surface area contributed by atoms with E-state index in [1.165, 1.54) is 3.57 Å². The average molecular weight is 412 g/mol. The summed E-state index contributed by atoms with van der Waals surface area (Å²) in [5.41, 5.74) is 1.81. The Morgan fingerprint density at radius 2 is 1.52 bits per heavy atom. The van der Waals surface area contributed by atoms with Gasteiger partial charge in [0, 0.05) is 21.0 Å². The maximum atomic E-state index is 5.55. The quantitative estimate of drug-likeness (QED) is 0.579. The first-order valence-electron chi connectivity index (χ1n) is 6.44. The molecule has 0 atom stereocenters. The van der Waals surface area contributed by atoms with Crippen molar-refractivity contribution in [1.82, 2.24) is 0 Å². The Bertz CT molecular complexity index is 661. The summed E-state index contributed by atoms with van der Waals surface area (Å²) in [4.78, 5) is 0. The van der Waals surface area contributed by atoms with Crippen molar-refractivity contribution in [3.63, 3.8) is 0 Å². The molecule has 0 radical (unpaired) electrons. The van der Waals surface area contributed by atoms with Crippen LogP contribution in [-0.2, 0) is 0 Å². The zero-order valence-corrected chi connectivity index (χ0v) is 14.0. The Balaban J connectivity index is 1.65. The van der Waals surface area contributed by atoms with Crippen molar-refractivity contribution in [2.24, 2.45) is 0 Å². The van der Waals surface area contributed by atoms with Crippen molar-refractivity contribution in [2.45, 2.75) is 0 Å². The summed E-state index contributed by atoms with van der Waals surface area (Å²) < 4.78 is 12.2. The molecule has 2 N–H and O–H groups in total. The van der Waals surface area contributed by atoms with Crippen LogP contribution in [0.15, 0.2) is 42.5 Å². The van der Waals surface area contributed by atoms with Gasteiger partial charge in [0.05, 0.1) is 0 Å². The number of halogens is 1. The van der Waals surface area contributed by atoms with Gasteiger partial charge in [-0.05, 0) is 71.2 Å². The number of rotatable bonds is 2. The molecule has 0 saturated heterocycles. The smallest absolute Gasteiger partial charge is 0.175 e. The van der Waals surface area contributed by atoms with Gasteiger partial charge in [-0.15, -0.1) is 0 Å². The second-order valence-electron chi connectivity index (χ2n) is 4.44. The van der Waals surface area contributed by atoms with Gasteiger partial charge >= 0.3 is 0 Å². The number of hydrogen-bond donors (Lipinski definition) is 2. The largest absolute Gasteiger partial charge is 0.486 e. The van der Waals surface area contributed by atoms with Crippen LogP contribution in [0, 0.1) is 3.57 Å². The predicted octanol–water partition coefficient (Wildman–Crippen LogP) is 3.87. The highest BCUT2D eigenvalue weighted by molar-refractivity contribution is 14.1. The van der Waals surface area contributed by atoms with Crippen LogP contribution in [0.3, 0.4) is 0 Å². The van der Waals surface area contributed by atoms with Crippen molar-refractivity contribution < 1.29 is 9.47 Å². The summed E-state index contributed by atoms with van der Waals surface area (Å²) in [6.45, 7) is 1.16. The van der Waals surface area contributed by atoms with E-state index in [9.17, 15) is 0 Å². The van der Waals surface area contributed by atoms with Gasteiger partial charge < -0.3 is 20.1 Å². The van der Waals surface area contributed by atoms with Crippen molar-refractivity contribution in [1.29, 1.82) is 0 Å². The van der Waals surface area contributed by atoms with Crippen molar-refractivity contribution in [3.05, 3.63) is 46.0 Å². The van der Waals surface area contributed by atoms with E-state index in [-0.39, 0.29) is 0 Å². The Morgan fingerprint density at radius 1 is 0.905 bits per heavy atom. The fourth-order valence-corrected chi connectivity index (χ4v) is 2.54. The Morgan fingerprint density at radius 3 is 2.29 bits per heavy atom. The Hall–Kier alpha value is -1.54. The molecular weight excluding hydrogens is 399 g/mol. The summed E-state index contributed by atoms with van der Waals surface area (Å²) in [6.07, 6.45) is 0. The average Bonchev–Trinajstić information content (AvgIpc) is 2.49. The first-order chi connectivity index (χ1) is 10.2. The second-order valence-corrected chi connectivity index (χ2v) is 6.10. The minimum absolute atomic E-state index is 0.535. The number of nitrogens with one attached hydrogen (secondary N) is 2. The molecule has 2 aromatic carbocycles. The summed E-state index contributed by atoms with van der Waals surface area (Å²) >= 11 is 7.58. The summed E-state index contributed by atoms with van der Waals surface area (Å²) in [7, 11) is 0. The van der Waals surface area contributed by atoms with Crippen LogP contribution in [0.4, 0.5) is 11.4 Å². The first kappa shape index (κ1) is 14.4. The molecule has 0 unspecified atom stereocenters. The molecule has 1 heterocycles. The zero-order valence-electron chi connectivity index (χ0n) is 11.1. The minimum atomic E-state index is 0.535. The third-order valence-electron chi connectivity index (χ3n) is 2.90. The minimum Gasteiger partial charge on any atom is -0.486 e. The Labute approximate surface area is 142 Å². The maximum Gasteiger partial charge on any atom is 0.175 e. The molecule has 0 saturated carbocycles. The molecule has 0 aliphatic carbocycles. The molecule has 2 aromatic rings. The highest BCUT2D eigenvalue weighted by Crippen LogP contribution is 2.32. The van der Waals surface area contributed by atoms with Crippen LogP contribution in [-0.4, -0.2) is 18.3 Å². The predicted molar refractivity (Wildman–Crippen MR) is 96.4 cm³/mol. The molecular formula is C15H13IN2O2S. The molecule has 1 aliphatic rings. The van der Waals surface area contributed by atoms with Crippen LogP contribution in [0.25, 0.3) is 0 Å². The van der Waals surface area contributed by atoms with E-state index in [4.69, 9.17) is 21.7 Å². The molecule has 0 aromatic heterocycles. The third kappa shape index (κ3) is 3.76. The van der Waals surface area contributed by atoms with E-state index < -0.39 is 0 Å². The van der Waals surface area contributed by atoms with Crippen LogP contribution in [0.5, 0.6) is 11.5 Å². The van der Waals surface area contributed by atoms with Gasteiger partial charge in [-0.3, -0.25) is 0 Å². The van der Waals surface area contributed by atoms with Crippen molar-refractivity contribution >= 4 is 51.3 Å². The SMILES string of the molecule is S=C(Nc1ccc(I)cc1)Nc1ccc2c(c1)OCCO2. The lowest BCUT2D eigenvalue weighted by molar-refractivity contribution is 0.171. The van der Waals surface area contributed by atoms with Crippen LogP contribution in [0.1, 0.15) is 0 Å². The summed E-state index contributed by atoms with van der Waals surface area (Å²) in [5.74, 6) is 1.51. The van der Waals surface area contributed by atoms with Gasteiger partial charge in [-0.2, -0.15) is 0 Å². The van der Waals surface area contributed by atoms with Crippen LogP contribution < -0.4 is 20.1 Å². The van der Waals surface area contributed by atoms with Gasteiger partial charge in [0.15, 0.2) is 16.6 Å². The second kappa shape index (κ2) is 6.48. The fraction of sp³-hybridized carbons (Fsp3) is 0.133. The zero-order chi connectivity index (χ0) is 14.7. The van der Waals surface area contributed by atoms with Crippen molar-refractivity contribution in [3.8, 4) is 11.5 Å². The van der Waals surface area contributed by atoms with Crippen molar-refractivity contribution in [2.75, 3.05) is 23.8 Å². The number of benzene rings is 2. The van der Waals surface area contributed by atoms with Gasteiger partial charge in [0.2, 0.25) is 0 Å². The monoisotopic (exact) mass is 412 g/mol. The highest BCUT2D eigenvalue weighted by atomic mass is 127. The van der Waals surface area contributed by atoms with E-state index in [0.717, 1.165) is 22.9 Å². The van der Waals surface area contributed by atoms with Crippen LogP contribution >= 0.6 is 34.8 Å². The van der Waals surface area contributed by atoms with Gasteiger partial charge in [0.25, 0.3) is 0 Å². The lowest BCUT2D eigenvalue weighted by atomic mass is 10.2. The van der Waals surface area contributed by atoms with E-state index >= 15 is 0 Å². The lowest BCUT2D eigenvalue weighted by Crippen LogP contribution is -2.20. The maximum absolute atomic E-state index is 5.55. The van der Waals surface area contributed by atoms with E-state index in [2.05, 4.69) is 33.2 Å². The molecule has 0 amide bonds. The summed E-state index contributed by atoms with van der Waals surface area (Å²) in [6, 6.07) is 13.7. The molecule has 1 aliphatic heterocycles. The number of anilines is 2. The third-order valence-corrected chi connectivity index (χ3v) is 3.83. The topological polar surface area (TPSA) is 42.5 Å². The molecule has 3 rings (SSSR count). The van der Waals surface area contributed by atoms with E-state index in [1.54, 1.807) is 0 Å². The first-order valence-corrected chi connectivity index (χ1v) is 7.93. The summed E-state index contributed by atoms with van der Waals surface area (Å²) in [5, 5.41) is 6.82. The van der Waals surface area contributed by atoms with Gasteiger partial charge in [0.1, 0.15) is 13.2 Å². The van der Waals surface area contributed by atoms with E-state index in [1.807, 2.05) is 42.5 Å². The van der Waals surface area contributed by atoms with Gasteiger partial charge in [-0.25, -0.2) is 0 Å². The number of ether oxygens (including phenoxy) is 2. The molecule has 108 valence electrons. The van der Waals surface area contributed by atoms with E-state index in [0.29, 0.717) is 18.3 Å². The molecule has 4 nitrogen and oxygen atoms in total. The van der Waals surface area contributed by atoms with Gasteiger partial charge in [-0.1, -0.05) is 0 Å².